The highest BCUT2D eigenvalue weighted by Gasteiger charge is 2.21. The Kier molecular flexibility index (Phi) is 8.93. The van der Waals surface area contributed by atoms with E-state index in [-0.39, 0.29) is 0 Å². The van der Waals surface area contributed by atoms with E-state index in [4.69, 9.17) is 9.97 Å². The van der Waals surface area contributed by atoms with Crippen LogP contribution in [0.3, 0.4) is 0 Å². The molecule has 2 aliphatic rings. The van der Waals surface area contributed by atoms with E-state index in [1.165, 1.54) is 120 Å². The molecule has 258 valence electrons. The summed E-state index contributed by atoms with van der Waals surface area (Å²) in [6.07, 6.45) is 13.2. The molecule has 2 aliphatic carbocycles. The molecule has 7 aromatic rings. The van der Waals surface area contributed by atoms with Gasteiger partial charge in [-0.15, -0.1) is 0 Å². The van der Waals surface area contributed by atoms with Gasteiger partial charge in [-0.2, -0.15) is 0 Å². The summed E-state index contributed by atoms with van der Waals surface area (Å²) < 4.78 is 0. The zero-order chi connectivity index (χ0) is 35.0. The summed E-state index contributed by atoms with van der Waals surface area (Å²) in [4.78, 5) is 11.2. The Bertz CT molecular complexity index is 2210. The molecule has 0 aliphatic heterocycles. The van der Waals surface area contributed by atoms with Crippen LogP contribution in [0.2, 0.25) is 0 Å². The predicted molar refractivity (Wildman–Crippen MR) is 220 cm³/mol. The number of rotatable bonds is 6. The molecule has 2 heterocycles. The summed E-state index contributed by atoms with van der Waals surface area (Å²) >= 11 is 0. The van der Waals surface area contributed by atoms with E-state index >= 15 is 0 Å². The molecule has 2 saturated carbocycles. The van der Waals surface area contributed by atoms with Crippen LogP contribution in [-0.4, -0.2) is 9.97 Å². The fraction of sp³-hybridized carbons (Fsp3) is 0.280. The molecule has 0 spiro atoms. The lowest BCUT2D eigenvalue weighted by molar-refractivity contribution is 0.443. The van der Waals surface area contributed by atoms with Gasteiger partial charge in [0, 0.05) is 21.9 Å². The predicted octanol–water partition coefficient (Wildman–Crippen LogP) is 14.2. The minimum atomic E-state index is 0.632. The zero-order valence-corrected chi connectivity index (χ0v) is 30.7. The van der Waals surface area contributed by atoms with Crippen molar-refractivity contribution >= 4 is 21.8 Å². The molecule has 0 unspecified atom stereocenters. The van der Waals surface area contributed by atoms with Crippen molar-refractivity contribution in [2.45, 2.75) is 89.9 Å². The first-order chi connectivity index (χ1) is 25.6. The van der Waals surface area contributed by atoms with Gasteiger partial charge in [-0.25, -0.2) is 9.97 Å². The second kappa shape index (κ2) is 14.2. The monoisotopic (exact) mass is 676 g/mol. The van der Waals surface area contributed by atoms with Crippen LogP contribution in [0, 0.1) is 13.8 Å². The minimum absolute atomic E-state index is 0.632. The number of hydrogen-bond acceptors (Lipinski definition) is 2. The maximum atomic E-state index is 5.60. The topological polar surface area (TPSA) is 25.8 Å². The van der Waals surface area contributed by atoms with E-state index < -0.39 is 0 Å². The van der Waals surface area contributed by atoms with Crippen LogP contribution >= 0.6 is 0 Å². The van der Waals surface area contributed by atoms with Crippen LogP contribution in [0.4, 0.5) is 0 Å². The van der Waals surface area contributed by atoms with Crippen molar-refractivity contribution in [1.29, 1.82) is 0 Å². The lowest BCUT2D eigenvalue weighted by atomic mass is 9.82. The minimum Gasteiger partial charge on any atom is -0.245 e. The van der Waals surface area contributed by atoms with Gasteiger partial charge >= 0.3 is 0 Å². The highest BCUT2D eigenvalue weighted by atomic mass is 14.8. The normalized spacial score (nSPS) is 15.7. The largest absolute Gasteiger partial charge is 0.245 e. The Labute approximate surface area is 309 Å². The van der Waals surface area contributed by atoms with E-state index in [2.05, 4.69) is 135 Å². The van der Waals surface area contributed by atoms with E-state index in [1.54, 1.807) is 0 Å². The van der Waals surface area contributed by atoms with E-state index in [0.29, 0.717) is 11.8 Å². The van der Waals surface area contributed by atoms with E-state index in [9.17, 15) is 0 Å². The number of benzene rings is 5. The average Bonchev–Trinajstić information content (AvgIpc) is 3.20. The number of aryl methyl sites for hydroxylation is 2. The summed E-state index contributed by atoms with van der Waals surface area (Å²) in [5.74, 6) is 1.26. The van der Waals surface area contributed by atoms with Gasteiger partial charge in [0.1, 0.15) is 0 Å². The molecule has 2 fully saturated rings. The van der Waals surface area contributed by atoms with Crippen molar-refractivity contribution in [2.24, 2.45) is 0 Å². The third kappa shape index (κ3) is 6.45. The van der Waals surface area contributed by atoms with Gasteiger partial charge in [0.15, 0.2) is 0 Å². The van der Waals surface area contributed by atoms with Crippen molar-refractivity contribution in [1.82, 2.24) is 9.97 Å². The Morgan fingerprint density at radius 2 is 0.808 bits per heavy atom. The van der Waals surface area contributed by atoms with Crippen LogP contribution in [0.5, 0.6) is 0 Å². The van der Waals surface area contributed by atoms with Crippen molar-refractivity contribution in [3.63, 3.8) is 0 Å². The van der Waals surface area contributed by atoms with Crippen LogP contribution in [0.15, 0.2) is 121 Å². The number of aromatic nitrogens is 2. The maximum Gasteiger partial charge on any atom is 0.0978 e. The van der Waals surface area contributed by atoms with Crippen LogP contribution in [-0.2, 0) is 0 Å². The summed E-state index contributed by atoms with van der Waals surface area (Å²) in [7, 11) is 0. The smallest absolute Gasteiger partial charge is 0.0978 e. The first-order valence-electron chi connectivity index (χ1n) is 19.7. The summed E-state index contributed by atoms with van der Waals surface area (Å²) in [6, 6.07) is 45.2. The second-order valence-electron chi connectivity index (χ2n) is 15.6. The Hall–Kier alpha value is -5.08. The van der Waals surface area contributed by atoms with Gasteiger partial charge in [-0.3, -0.25) is 0 Å². The Morgan fingerprint density at radius 3 is 1.21 bits per heavy atom. The fourth-order valence-electron chi connectivity index (χ4n) is 9.25. The first kappa shape index (κ1) is 32.8. The third-order valence-corrected chi connectivity index (χ3v) is 11.9. The molecule has 0 atom stereocenters. The SMILES string of the molecule is Cc1cc(-c2cc(-c3ccccc3)c3ccc4c(-c5ccccc5)cc(-c5cc(C)cc(C6CCCCC6)c5)nc4c3n2)cc(C2CCCCC2)c1. The Morgan fingerprint density at radius 1 is 0.404 bits per heavy atom. The summed E-state index contributed by atoms with van der Waals surface area (Å²) in [5, 5.41) is 2.27. The molecule has 0 N–H and O–H groups in total. The molecule has 2 heteroatoms. The third-order valence-electron chi connectivity index (χ3n) is 11.9. The molecule has 0 radical (unpaired) electrons. The second-order valence-corrected chi connectivity index (χ2v) is 15.6. The average molecular weight is 677 g/mol. The number of pyridine rings is 2. The molecular formula is C50H48N2. The maximum absolute atomic E-state index is 5.60. The van der Waals surface area contributed by atoms with Gasteiger partial charge in [0.05, 0.1) is 22.4 Å². The summed E-state index contributed by atoms with van der Waals surface area (Å²) in [5.41, 5.74) is 16.7. The van der Waals surface area contributed by atoms with Crippen molar-refractivity contribution in [3.05, 3.63) is 144 Å². The molecule has 9 rings (SSSR count). The standard InChI is InChI=1S/C50H48N2/c1-33-25-39(35-15-7-3-8-16-35)29-41(27-33)47-31-45(37-19-11-5-12-20-37)43-23-24-44-46(38-21-13-6-14-22-38)32-48(52-50(44)49(43)51-47)42-28-34(2)26-40(30-42)36-17-9-4-10-18-36/h5-6,11-14,19-32,35-36H,3-4,7-10,15-18H2,1-2H3. The van der Waals surface area contributed by atoms with Gasteiger partial charge in [0.2, 0.25) is 0 Å². The van der Waals surface area contributed by atoms with Crippen molar-refractivity contribution in [3.8, 4) is 44.8 Å². The Balaban J connectivity index is 1.31. The molecule has 0 bridgehead atoms. The van der Waals surface area contributed by atoms with Gasteiger partial charge in [-0.1, -0.05) is 135 Å². The molecule has 0 amide bonds. The summed E-state index contributed by atoms with van der Waals surface area (Å²) in [6.45, 7) is 4.49. The fourth-order valence-corrected chi connectivity index (χ4v) is 9.25. The molecular weight excluding hydrogens is 629 g/mol. The lowest BCUT2D eigenvalue weighted by Gasteiger charge is -2.23. The zero-order valence-electron chi connectivity index (χ0n) is 30.7. The van der Waals surface area contributed by atoms with Gasteiger partial charge in [-0.05, 0) is 121 Å². The van der Waals surface area contributed by atoms with Crippen LogP contribution in [0.25, 0.3) is 66.6 Å². The van der Waals surface area contributed by atoms with Gasteiger partial charge < -0.3 is 0 Å². The van der Waals surface area contributed by atoms with Crippen LogP contribution < -0.4 is 0 Å². The molecule has 2 nitrogen and oxygen atoms in total. The van der Waals surface area contributed by atoms with E-state index in [1.807, 2.05) is 0 Å². The van der Waals surface area contributed by atoms with E-state index in [0.717, 1.165) is 33.2 Å². The first-order valence-corrected chi connectivity index (χ1v) is 19.7. The molecule has 2 aromatic heterocycles. The molecule has 5 aromatic carbocycles. The lowest BCUT2D eigenvalue weighted by Crippen LogP contribution is -2.05. The molecule has 0 saturated heterocycles. The molecule has 52 heavy (non-hydrogen) atoms. The number of fused-ring (bicyclic) bond motifs is 3. The number of hydrogen-bond donors (Lipinski definition) is 0. The van der Waals surface area contributed by atoms with Crippen molar-refractivity contribution in [2.75, 3.05) is 0 Å². The van der Waals surface area contributed by atoms with Crippen molar-refractivity contribution < 1.29 is 0 Å². The highest BCUT2D eigenvalue weighted by Crippen LogP contribution is 2.42. The quantitative estimate of drug-likeness (QED) is 0.164. The highest BCUT2D eigenvalue weighted by molar-refractivity contribution is 6.13. The van der Waals surface area contributed by atoms with Crippen LogP contribution in [0.1, 0.15) is 98.3 Å². The van der Waals surface area contributed by atoms with Gasteiger partial charge in [0.25, 0.3) is 0 Å². The number of nitrogens with zero attached hydrogens (tertiary/aromatic N) is 2.